The number of ether oxygens (including phenoxy) is 1. The molecular formula is C28H46Cl4N10O4. The summed E-state index contributed by atoms with van der Waals surface area (Å²) in [5.74, 6) is -0.309. The van der Waals surface area contributed by atoms with Gasteiger partial charge >= 0.3 is 11.9 Å². The summed E-state index contributed by atoms with van der Waals surface area (Å²) in [6.07, 6.45) is 0. The molecule has 14 nitrogen and oxygen atoms in total. The highest BCUT2D eigenvalue weighted by atomic mass is 35.5. The van der Waals surface area contributed by atoms with Gasteiger partial charge in [-0.05, 0) is 48.5 Å². The summed E-state index contributed by atoms with van der Waals surface area (Å²) in [4.78, 5) is 31.7. The van der Waals surface area contributed by atoms with Gasteiger partial charge in [0.05, 0.1) is 11.4 Å². The number of piperazine rings is 2. The number of carbonyl (C=O) groups is 2. The van der Waals surface area contributed by atoms with E-state index < -0.39 is 17.6 Å². The molecule has 46 heavy (non-hydrogen) atoms. The zero-order chi connectivity index (χ0) is 32.9. The first-order valence-electron chi connectivity index (χ1n) is 14.5. The maximum Gasteiger partial charge on any atom is 0.323 e. The van der Waals surface area contributed by atoms with E-state index in [1.807, 2.05) is 39.5 Å². The quantitative estimate of drug-likeness (QED) is 0.368. The number of carboxylic acids is 1. The SMILES string of the molecule is CC(C(=O)O)N1CCN(c2cc(Cl)nnc2N)C[C@H]1C.CC(C(=O)OC(C)(C)C)N1CCN(c2cc(Cl)nnc2N)C[C@H]1C.Cl.Cl. The third-order valence-electron chi connectivity index (χ3n) is 7.68. The molecule has 2 aromatic heterocycles. The molecule has 0 amide bonds. The number of carboxylic acid groups (broad SMARTS) is 1. The molecule has 4 rings (SSSR count). The molecule has 2 fully saturated rings. The molecule has 2 aliphatic rings. The van der Waals surface area contributed by atoms with Crippen LogP contribution in [0.3, 0.4) is 0 Å². The number of carbonyl (C=O) groups excluding carboxylic acids is 1. The van der Waals surface area contributed by atoms with E-state index in [2.05, 4.69) is 42.0 Å². The van der Waals surface area contributed by atoms with Crippen molar-refractivity contribution in [1.82, 2.24) is 30.2 Å². The zero-order valence-corrected chi connectivity index (χ0v) is 30.3. The van der Waals surface area contributed by atoms with E-state index >= 15 is 0 Å². The summed E-state index contributed by atoms with van der Waals surface area (Å²) in [7, 11) is 0. The third-order valence-corrected chi connectivity index (χ3v) is 8.05. The van der Waals surface area contributed by atoms with Crippen LogP contribution in [0.1, 0.15) is 48.5 Å². The second-order valence-corrected chi connectivity index (χ2v) is 12.9. The van der Waals surface area contributed by atoms with Crippen LogP contribution in [0.2, 0.25) is 10.3 Å². The predicted molar refractivity (Wildman–Crippen MR) is 187 cm³/mol. The molecule has 0 aliphatic carbocycles. The van der Waals surface area contributed by atoms with Gasteiger partial charge in [-0.15, -0.1) is 45.2 Å². The minimum atomic E-state index is -0.807. The van der Waals surface area contributed by atoms with Crippen LogP contribution in [0, 0.1) is 0 Å². The highest BCUT2D eigenvalue weighted by Crippen LogP contribution is 2.28. The van der Waals surface area contributed by atoms with Gasteiger partial charge in [-0.3, -0.25) is 19.4 Å². The minimum absolute atomic E-state index is 0. The lowest BCUT2D eigenvalue weighted by molar-refractivity contribution is -0.161. The monoisotopic (exact) mass is 726 g/mol. The van der Waals surface area contributed by atoms with Crippen LogP contribution in [0.4, 0.5) is 23.0 Å². The van der Waals surface area contributed by atoms with Crippen LogP contribution in [0.5, 0.6) is 0 Å². The van der Waals surface area contributed by atoms with Gasteiger partial charge in [0, 0.05) is 63.5 Å². The Morgan fingerprint density at radius 3 is 1.57 bits per heavy atom. The van der Waals surface area contributed by atoms with Crippen LogP contribution in [-0.4, -0.2) is 116 Å². The van der Waals surface area contributed by atoms with Crippen molar-refractivity contribution in [3.63, 3.8) is 0 Å². The molecule has 0 spiro atoms. The lowest BCUT2D eigenvalue weighted by atomic mass is 10.1. The number of hydrogen-bond acceptors (Lipinski definition) is 13. The normalized spacial score (nSPS) is 20.3. The lowest BCUT2D eigenvalue weighted by Crippen LogP contribution is -2.57. The van der Waals surface area contributed by atoms with E-state index in [9.17, 15) is 9.59 Å². The Labute approximate surface area is 292 Å². The summed E-state index contributed by atoms with van der Waals surface area (Å²) < 4.78 is 5.50. The Kier molecular flexibility index (Phi) is 15.8. The second-order valence-electron chi connectivity index (χ2n) is 12.2. The van der Waals surface area contributed by atoms with Crippen molar-refractivity contribution in [2.75, 3.05) is 60.5 Å². The van der Waals surface area contributed by atoms with Gasteiger partial charge in [0.25, 0.3) is 0 Å². The Morgan fingerprint density at radius 1 is 0.826 bits per heavy atom. The number of rotatable bonds is 6. The number of hydrogen-bond donors (Lipinski definition) is 3. The average Bonchev–Trinajstić information content (AvgIpc) is 2.94. The highest BCUT2D eigenvalue weighted by Gasteiger charge is 2.34. The third kappa shape index (κ3) is 11.0. The standard InChI is InChI=1S/C16H26ClN5O2.C12H18ClN5O2.2ClH/c1-10-9-21(12-8-13(17)19-20-14(12)18)6-7-22(10)11(2)15(23)24-16(3,4)5;1-7-6-17(3-4-18(7)8(2)12(19)20)9-5-10(13)15-16-11(9)14;;/h8,10-11H,6-7,9H2,1-5H3,(H2,18,20);5,7-8H,3-4,6H2,1-2H3,(H2,14,16)(H,19,20);2*1H/t10-,11?;7-,8?;;/m11../s1. The van der Waals surface area contributed by atoms with E-state index in [4.69, 9.17) is 44.5 Å². The Morgan fingerprint density at radius 2 is 1.22 bits per heavy atom. The van der Waals surface area contributed by atoms with Gasteiger partial charge in [-0.2, -0.15) is 0 Å². The fraction of sp³-hybridized carbons (Fsp3) is 0.643. The number of nitrogen functional groups attached to an aromatic ring is 2. The van der Waals surface area contributed by atoms with Crippen molar-refractivity contribution in [1.29, 1.82) is 0 Å². The van der Waals surface area contributed by atoms with Crippen molar-refractivity contribution in [3.05, 3.63) is 22.4 Å². The summed E-state index contributed by atoms with van der Waals surface area (Å²) in [5.41, 5.74) is 12.8. The predicted octanol–water partition coefficient (Wildman–Crippen LogP) is 3.49. The molecule has 2 aliphatic heterocycles. The van der Waals surface area contributed by atoms with Gasteiger partial charge in [0.1, 0.15) is 17.7 Å². The summed E-state index contributed by atoms with van der Waals surface area (Å²) in [6, 6.07) is 2.88. The summed E-state index contributed by atoms with van der Waals surface area (Å²) in [5, 5.41) is 24.8. The number of aliphatic carboxylic acids is 1. The van der Waals surface area contributed by atoms with Crippen LogP contribution < -0.4 is 21.3 Å². The van der Waals surface area contributed by atoms with E-state index in [1.54, 1.807) is 19.1 Å². The van der Waals surface area contributed by atoms with Crippen LogP contribution >= 0.6 is 48.0 Å². The smallest absolute Gasteiger partial charge is 0.323 e. The molecular weight excluding hydrogens is 682 g/mol. The van der Waals surface area contributed by atoms with Crippen molar-refractivity contribution in [2.45, 2.75) is 78.2 Å². The molecule has 2 unspecified atom stereocenters. The molecule has 2 aromatic rings. The van der Waals surface area contributed by atoms with Gasteiger partial charge in [-0.25, -0.2) is 0 Å². The average molecular weight is 729 g/mol. The number of esters is 1. The number of aromatic nitrogens is 4. The van der Waals surface area contributed by atoms with Crippen molar-refractivity contribution >= 4 is 83.0 Å². The molecule has 5 N–H and O–H groups in total. The maximum absolute atomic E-state index is 12.3. The van der Waals surface area contributed by atoms with E-state index in [0.29, 0.717) is 41.6 Å². The van der Waals surface area contributed by atoms with Crippen LogP contribution in [-0.2, 0) is 14.3 Å². The zero-order valence-electron chi connectivity index (χ0n) is 27.2. The highest BCUT2D eigenvalue weighted by molar-refractivity contribution is 6.30. The first-order chi connectivity index (χ1) is 20.5. The molecule has 4 heterocycles. The maximum atomic E-state index is 12.3. The number of anilines is 4. The molecule has 0 radical (unpaired) electrons. The fourth-order valence-electron chi connectivity index (χ4n) is 5.44. The first-order valence-corrected chi connectivity index (χ1v) is 15.3. The Balaban J connectivity index is 0.000000447. The van der Waals surface area contributed by atoms with Gasteiger partial charge in [0.2, 0.25) is 0 Å². The topological polar surface area (TPSA) is 180 Å². The minimum Gasteiger partial charge on any atom is -0.480 e. The van der Waals surface area contributed by atoms with Gasteiger partial charge < -0.3 is 31.1 Å². The number of nitrogens with two attached hydrogens (primary N) is 2. The number of nitrogens with zero attached hydrogens (tertiary/aromatic N) is 8. The van der Waals surface area contributed by atoms with Crippen LogP contribution in [0.25, 0.3) is 0 Å². The van der Waals surface area contributed by atoms with Crippen molar-refractivity contribution < 1.29 is 19.4 Å². The van der Waals surface area contributed by atoms with Gasteiger partial charge in [0.15, 0.2) is 21.9 Å². The lowest BCUT2D eigenvalue weighted by Gasteiger charge is -2.43. The molecule has 260 valence electrons. The second kappa shape index (κ2) is 17.5. The van der Waals surface area contributed by atoms with E-state index in [1.165, 1.54) is 0 Å². The molecule has 18 heteroatoms. The van der Waals surface area contributed by atoms with Crippen molar-refractivity contribution in [2.24, 2.45) is 0 Å². The summed E-state index contributed by atoms with van der Waals surface area (Å²) in [6.45, 7) is 17.5. The van der Waals surface area contributed by atoms with Crippen LogP contribution in [0.15, 0.2) is 12.1 Å². The Bertz CT molecular complexity index is 1320. The fourth-order valence-corrected chi connectivity index (χ4v) is 5.72. The first kappa shape index (κ1) is 41.4. The van der Waals surface area contributed by atoms with E-state index in [-0.39, 0.29) is 48.9 Å². The molecule has 2 saturated heterocycles. The van der Waals surface area contributed by atoms with Gasteiger partial charge in [-0.1, -0.05) is 23.2 Å². The molecule has 4 atom stereocenters. The Hall–Kier alpha value is -2.62. The van der Waals surface area contributed by atoms with E-state index in [0.717, 1.165) is 31.0 Å². The molecule has 0 aromatic carbocycles. The molecule has 0 saturated carbocycles. The molecule has 0 bridgehead atoms. The largest absolute Gasteiger partial charge is 0.480 e. The summed E-state index contributed by atoms with van der Waals surface area (Å²) >= 11 is 11.8. The number of halogens is 4. The van der Waals surface area contributed by atoms with Crippen molar-refractivity contribution in [3.8, 4) is 0 Å².